The molecule has 2 saturated heterocycles. The van der Waals surface area contributed by atoms with E-state index < -0.39 is 0 Å². The Kier molecular flexibility index (Phi) is 5.19. The summed E-state index contributed by atoms with van der Waals surface area (Å²) < 4.78 is 19.5. The van der Waals surface area contributed by atoms with Gasteiger partial charge in [-0.1, -0.05) is 0 Å². The fourth-order valence-corrected chi connectivity index (χ4v) is 4.61. The molecular weight excluding hydrogens is 355 g/mol. The van der Waals surface area contributed by atoms with Crippen LogP contribution in [0, 0.1) is 22.6 Å². The number of nitrogens with zero attached hydrogens (tertiary/aromatic N) is 4. The van der Waals surface area contributed by atoms with Crippen LogP contribution in [0.1, 0.15) is 30.4 Å². The second-order valence-corrected chi connectivity index (χ2v) is 7.96. The zero-order valence-corrected chi connectivity index (χ0v) is 16.2. The number of anilines is 1. The van der Waals surface area contributed by atoms with E-state index in [9.17, 15) is 4.39 Å². The Morgan fingerprint density at radius 2 is 2.11 bits per heavy atom. The van der Waals surface area contributed by atoms with Crippen molar-refractivity contribution in [2.24, 2.45) is 5.41 Å². The molecule has 1 spiro atoms. The highest BCUT2D eigenvalue weighted by molar-refractivity contribution is 5.46. The van der Waals surface area contributed by atoms with E-state index in [2.05, 4.69) is 20.9 Å². The van der Waals surface area contributed by atoms with Gasteiger partial charge >= 0.3 is 0 Å². The molecule has 2 aliphatic rings. The summed E-state index contributed by atoms with van der Waals surface area (Å²) in [6.07, 6.45) is 5.10. The predicted octanol–water partition coefficient (Wildman–Crippen LogP) is 3.59. The van der Waals surface area contributed by atoms with Gasteiger partial charge in [0.05, 0.1) is 18.7 Å². The van der Waals surface area contributed by atoms with Crippen molar-refractivity contribution in [2.75, 3.05) is 38.2 Å². The average Bonchev–Trinajstić information content (AvgIpc) is 3.13. The number of pyridine rings is 1. The van der Waals surface area contributed by atoms with Crippen LogP contribution in [0.3, 0.4) is 0 Å². The molecule has 1 aromatic carbocycles. The molecule has 0 amide bonds. The minimum Gasteiger partial charge on any atom is -0.497 e. The Hall–Kier alpha value is -2.65. The number of halogens is 1. The summed E-state index contributed by atoms with van der Waals surface area (Å²) in [5.41, 5.74) is 1.54. The highest BCUT2D eigenvalue weighted by Crippen LogP contribution is 2.40. The van der Waals surface area contributed by atoms with Crippen LogP contribution in [0.25, 0.3) is 0 Å². The molecule has 0 saturated carbocycles. The fraction of sp³-hybridized carbons (Fsp3) is 0.455. The zero-order valence-electron chi connectivity index (χ0n) is 16.2. The van der Waals surface area contributed by atoms with Gasteiger partial charge in [-0.3, -0.25) is 4.90 Å². The van der Waals surface area contributed by atoms with Crippen LogP contribution in [0.5, 0.6) is 5.75 Å². The average molecular weight is 380 g/mol. The van der Waals surface area contributed by atoms with Crippen LogP contribution in [-0.4, -0.2) is 43.2 Å². The van der Waals surface area contributed by atoms with Crippen LogP contribution in [0.2, 0.25) is 0 Å². The highest BCUT2D eigenvalue weighted by atomic mass is 19.1. The van der Waals surface area contributed by atoms with Crippen molar-refractivity contribution in [3.63, 3.8) is 0 Å². The van der Waals surface area contributed by atoms with E-state index >= 15 is 0 Å². The second-order valence-electron chi connectivity index (χ2n) is 7.96. The van der Waals surface area contributed by atoms with Crippen LogP contribution in [0.15, 0.2) is 36.5 Å². The molecule has 2 fully saturated rings. The number of piperidine rings is 1. The van der Waals surface area contributed by atoms with Gasteiger partial charge in [0.15, 0.2) is 0 Å². The summed E-state index contributed by atoms with van der Waals surface area (Å²) in [7, 11) is 1.61. The highest BCUT2D eigenvalue weighted by Gasteiger charge is 2.41. The number of ether oxygens (including phenoxy) is 1. The molecule has 146 valence electrons. The molecule has 2 aliphatic heterocycles. The van der Waals surface area contributed by atoms with Gasteiger partial charge in [0.2, 0.25) is 0 Å². The molecule has 0 unspecified atom stereocenters. The summed E-state index contributed by atoms with van der Waals surface area (Å²) in [5, 5.41) is 9.14. The van der Waals surface area contributed by atoms with Crippen LogP contribution in [0.4, 0.5) is 10.2 Å². The number of rotatable bonds is 4. The number of nitriles is 1. The van der Waals surface area contributed by atoms with Crippen LogP contribution >= 0.6 is 0 Å². The van der Waals surface area contributed by atoms with Gasteiger partial charge in [0.25, 0.3) is 0 Å². The third-order valence-electron chi connectivity index (χ3n) is 6.02. The number of likely N-dealkylation sites (tertiary alicyclic amines) is 1. The molecule has 0 bridgehead atoms. The van der Waals surface area contributed by atoms with Crippen molar-refractivity contribution >= 4 is 5.82 Å². The molecule has 0 aliphatic carbocycles. The summed E-state index contributed by atoms with van der Waals surface area (Å²) in [5.74, 6) is 1.40. The molecule has 0 N–H and O–H groups in total. The van der Waals surface area contributed by atoms with Crippen molar-refractivity contribution in [3.8, 4) is 11.8 Å². The van der Waals surface area contributed by atoms with Gasteiger partial charge in [-0.25, -0.2) is 9.37 Å². The molecule has 5 nitrogen and oxygen atoms in total. The van der Waals surface area contributed by atoms with Crippen molar-refractivity contribution in [3.05, 3.63) is 53.5 Å². The van der Waals surface area contributed by atoms with E-state index in [1.807, 2.05) is 6.07 Å². The standard InChI is InChI=1S/C22H25FN4O/c1-28-19-3-4-20(23)18(12-19)14-26-9-2-6-22(15-26)7-10-27(16-22)21-11-17(13-24)5-8-25-21/h3-5,8,11-12H,2,6-7,9-10,14-16H2,1H3/t22-/m1/s1. The van der Waals surface area contributed by atoms with E-state index in [0.29, 0.717) is 23.4 Å². The number of methoxy groups -OCH3 is 1. The van der Waals surface area contributed by atoms with Crippen molar-refractivity contribution in [1.82, 2.24) is 9.88 Å². The molecule has 28 heavy (non-hydrogen) atoms. The van der Waals surface area contributed by atoms with Crippen molar-refractivity contribution in [1.29, 1.82) is 5.26 Å². The number of hydrogen-bond donors (Lipinski definition) is 0. The lowest BCUT2D eigenvalue weighted by Gasteiger charge is -2.40. The number of benzene rings is 1. The topological polar surface area (TPSA) is 52.4 Å². The van der Waals surface area contributed by atoms with Crippen LogP contribution in [-0.2, 0) is 6.54 Å². The van der Waals surface area contributed by atoms with Gasteiger partial charge in [0.1, 0.15) is 17.4 Å². The molecule has 1 atom stereocenters. The molecule has 0 radical (unpaired) electrons. The van der Waals surface area contributed by atoms with Crippen molar-refractivity contribution in [2.45, 2.75) is 25.8 Å². The predicted molar refractivity (Wildman–Crippen MR) is 106 cm³/mol. The quantitative estimate of drug-likeness (QED) is 0.811. The molecular formula is C22H25FN4O. The first-order valence-electron chi connectivity index (χ1n) is 9.77. The van der Waals surface area contributed by atoms with Crippen molar-refractivity contribution < 1.29 is 9.13 Å². The Morgan fingerprint density at radius 1 is 1.21 bits per heavy atom. The lowest BCUT2D eigenvalue weighted by atomic mass is 9.79. The summed E-state index contributed by atoms with van der Waals surface area (Å²) in [4.78, 5) is 9.12. The maximum atomic E-state index is 14.3. The Balaban J connectivity index is 1.46. The second kappa shape index (κ2) is 7.76. The van der Waals surface area contributed by atoms with Gasteiger partial charge in [-0.2, -0.15) is 5.26 Å². The van der Waals surface area contributed by atoms with Gasteiger partial charge in [-0.15, -0.1) is 0 Å². The summed E-state index contributed by atoms with van der Waals surface area (Å²) in [6, 6.07) is 10.7. The minimum atomic E-state index is -0.175. The van der Waals surface area contributed by atoms with Gasteiger partial charge in [-0.05, 0) is 56.1 Å². The maximum Gasteiger partial charge on any atom is 0.129 e. The smallest absolute Gasteiger partial charge is 0.129 e. The lowest BCUT2D eigenvalue weighted by molar-refractivity contribution is 0.0981. The first-order valence-corrected chi connectivity index (χ1v) is 9.77. The lowest BCUT2D eigenvalue weighted by Crippen LogP contribution is -2.44. The normalized spacial score (nSPS) is 22.4. The molecule has 6 heteroatoms. The van der Waals surface area contributed by atoms with Gasteiger partial charge in [0, 0.05) is 43.4 Å². The first kappa shape index (κ1) is 18.7. The van der Waals surface area contributed by atoms with E-state index in [4.69, 9.17) is 10.00 Å². The molecule has 1 aromatic heterocycles. The van der Waals surface area contributed by atoms with Crippen LogP contribution < -0.4 is 9.64 Å². The van der Waals surface area contributed by atoms with E-state index in [1.54, 1.807) is 31.5 Å². The van der Waals surface area contributed by atoms with E-state index in [0.717, 1.165) is 44.8 Å². The maximum absolute atomic E-state index is 14.3. The zero-order chi connectivity index (χ0) is 19.6. The van der Waals surface area contributed by atoms with E-state index in [1.165, 1.54) is 12.5 Å². The Bertz CT molecular complexity index is 896. The minimum absolute atomic E-state index is 0.175. The third-order valence-corrected chi connectivity index (χ3v) is 6.02. The largest absolute Gasteiger partial charge is 0.497 e. The van der Waals surface area contributed by atoms with E-state index in [-0.39, 0.29) is 11.2 Å². The molecule has 3 heterocycles. The number of hydrogen-bond acceptors (Lipinski definition) is 5. The molecule has 2 aromatic rings. The number of aromatic nitrogens is 1. The monoisotopic (exact) mass is 380 g/mol. The fourth-order valence-electron chi connectivity index (χ4n) is 4.61. The Morgan fingerprint density at radius 3 is 2.93 bits per heavy atom. The first-order chi connectivity index (χ1) is 13.6. The summed E-state index contributed by atoms with van der Waals surface area (Å²) >= 11 is 0. The summed E-state index contributed by atoms with van der Waals surface area (Å²) in [6.45, 7) is 4.43. The Labute approximate surface area is 165 Å². The molecule has 4 rings (SSSR count). The third kappa shape index (κ3) is 3.81. The SMILES string of the molecule is COc1ccc(F)c(CN2CCC[C@@]3(CCN(c4cc(C#N)ccn4)C3)C2)c1. The van der Waals surface area contributed by atoms with Gasteiger partial charge < -0.3 is 9.64 Å².